The molecule has 0 aliphatic rings. The Morgan fingerprint density at radius 2 is 2.29 bits per heavy atom. The number of pyridine rings is 1. The second-order valence-electron chi connectivity index (χ2n) is 4.72. The first-order valence-electron chi connectivity index (χ1n) is 6.67. The van der Waals surface area contributed by atoms with E-state index in [1.165, 1.54) is 12.5 Å². The van der Waals surface area contributed by atoms with Crippen molar-refractivity contribution in [1.82, 2.24) is 10.3 Å². The van der Waals surface area contributed by atoms with Gasteiger partial charge in [-0.3, -0.25) is 4.79 Å². The van der Waals surface area contributed by atoms with Gasteiger partial charge >= 0.3 is 0 Å². The Kier molecular flexibility index (Phi) is 4.59. The van der Waals surface area contributed by atoms with Crippen LogP contribution in [0.3, 0.4) is 0 Å². The van der Waals surface area contributed by atoms with Gasteiger partial charge in [0.25, 0.3) is 5.91 Å². The van der Waals surface area contributed by atoms with E-state index in [2.05, 4.69) is 10.3 Å². The molecule has 0 aliphatic heterocycles. The SMILES string of the molecule is CCOc1cccnc1C(=O)NCC(C)(O)c1ccco1. The average Bonchev–Trinajstić information content (AvgIpc) is 3.01. The van der Waals surface area contributed by atoms with Crippen molar-refractivity contribution in [2.75, 3.05) is 13.2 Å². The Hall–Kier alpha value is -2.34. The standard InChI is InChI=1S/C15H18N2O4/c1-3-20-11-6-4-8-16-13(11)14(18)17-10-15(2,19)12-7-5-9-21-12/h4-9,19H,3,10H2,1-2H3,(H,17,18). The van der Waals surface area contributed by atoms with E-state index in [4.69, 9.17) is 9.15 Å². The van der Waals surface area contributed by atoms with Crippen molar-refractivity contribution in [3.05, 3.63) is 48.2 Å². The van der Waals surface area contributed by atoms with Crippen LogP contribution in [0.1, 0.15) is 30.1 Å². The summed E-state index contributed by atoms with van der Waals surface area (Å²) in [5, 5.41) is 12.9. The zero-order valence-electron chi connectivity index (χ0n) is 12.0. The Labute approximate surface area is 122 Å². The molecule has 112 valence electrons. The maximum atomic E-state index is 12.2. The van der Waals surface area contributed by atoms with Gasteiger partial charge in [0.15, 0.2) is 11.4 Å². The summed E-state index contributed by atoms with van der Waals surface area (Å²) >= 11 is 0. The largest absolute Gasteiger partial charge is 0.491 e. The fraction of sp³-hybridized carbons (Fsp3) is 0.333. The van der Waals surface area contributed by atoms with Crippen LogP contribution in [0.2, 0.25) is 0 Å². The zero-order valence-corrected chi connectivity index (χ0v) is 12.0. The number of hydrogen-bond donors (Lipinski definition) is 2. The summed E-state index contributed by atoms with van der Waals surface area (Å²) in [5.74, 6) is 0.384. The van der Waals surface area contributed by atoms with Crippen LogP contribution in [0.4, 0.5) is 0 Å². The van der Waals surface area contributed by atoms with Crippen molar-refractivity contribution in [2.45, 2.75) is 19.4 Å². The molecule has 2 aromatic heterocycles. The van der Waals surface area contributed by atoms with Crippen molar-refractivity contribution >= 4 is 5.91 Å². The number of carbonyl (C=O) groups excluding carboxylic acids is 1. The number of carbonyl (C=O) groups is 1. The number of amides is 1. The molecule has 2 N–H and O–H groups in total. The van der Waals surface area contributed by atoms with Crippen LogP contribution in [-0.4, -0.2) is 29.1 Å². The maximum Gasteiger partial charge on any atom is 0.273 e. The van der Waals surface area contributed by atoms with Crippen LogP contribution >= 0.6 is 0 Å². The minimum absolute atomic E-state index is 0.00147. The number of aliphatic hydroxyl groups is 1. The molecule has 2 aromatic rings. The van der Waals surface area contributed by atoms with Gasteiger partial charge in [0.1, 0.15) is 11.4 Å². The molecule has 0 fully saturated rings. The number of rotatable bonds is 6. The molecule has 6 heteroatoms. The van der Waals surface area contributed by atoms with Crippen molar-refractivity contribution in [2.24, 2.45) is 0 Å². The molecule has 2 rings (SSSR count). The second-order valence-corrected chi connectivity index (χ2v) is 4.72. The number of hydrogen-bond acceptors (Lipinski definition) is 5. The summed E-state index contributed by atoms with van der Waals surface area (Å²) in [7, 11) is 0. The van der Waals surface area contributed by atoms with Crippen molar-refractivity contribution in [3.63, 3.8) is 0 Å². The highest BCUT2D eigenvalue weighted by molar-refractivity contribution is 5.94. The van der Waals surface area contributed by atoms with Gasteiger partial charge in [-0.15, -0.1) is 0 Å². The van der Waals surface area contributed by atoms with Crippen LogP contribution in [0.5, 0.6) is 5.75 Å². The van der Waals surface area contributed by atoms with E-state index in [1.807, 2.05) is 6.92 Å². The summed E-state index contributed by atoms with van der Waals surface area (Å²) in [5.41, 5.74) is -1.10. The summed E-state index contributed by atoms with van der Waals surface area (Å²) < 4.78 is 10.5. The molecule has 6 nitrogen and oxygen atoms in total. The fourth-order valence-electron chi connectivity index (χ4n) is 1.84. The van der Waals surface area contributed by atoms with E-state index in [0.717, 1.165) is 0 Å². The number of nitrogens with zero attached hydrogens (tertiary/aromatic N) is 1. The molecule has 0 aliphatic carbocycles. The van der Waals surface area contributed by atoms with Gasteiger partial charge in [-0.25, -0.2) is 4.98 Å². The molecule has 1 unspecified atom stereocenters. The third-order valence-electron chi connectivity index (χ3n) is 2.93. The van der Waals surface area contributed by atoms with Crippen LogP contribution < -0.4 is 10.1 Å². The van der Waals surface area contributed by atoms with E-state index in [0.29, 0.717) is 18.1 Å². The lowest BCUT2D eigenvalue weighted by molar-refractivity contribution is 0.0329. The zero-order chi connectivity index (χ0) is 15.3. The summed E-state index contributed by atoms with van der Waals surface area (Å²) in [4.78, 5) is 16.2. The highest BCUT2D eigenvalue weighted by Gasteiger charge is 2.27. The molecule has 0 saturated heterocycles. The highest BCUT2D eigenvalue weighted by Crippen LogP contribution is 2.20. The van der Waals surface area contributed by atoms with Crippen LogP contribution in [0.15, 0.2) is 41.1 Å². The first-order valence-corrected chi connectivity index (χ1v) is 6.67. The molecule has 0 spiro atoms. The van der Waals surface area contributed by atoms with E-state index in [1.54, 1.807) is 31.2 Å². The lowest BCUT2D eigenvalue weighted by atomic mass is 10.0. The summed E-state index contributed by atoms with van der Waals surface area (Å²) in [6.45, 7) is 3.84. The lowest BCUT2D eigenvalue weighted by Crippen LogP contribution is -2.38. The molecule has 1 atom stereocenters. The smallest absolute Gasteiger partial charge is 0.273 e. The van der Waals surface area contributed by atoms with Crippen LogP contribution in [-0.2, 0) is 5.60 Å². The minimum Gasteiger partial charge on any atom is -0.491 e. The van der Waals surface area contributed by atoms with Gasteiger partial charge in [0.2, 0.25) is 0 Å². The third-order valence-corrected chi connectivity index (χ3v) is 2.93. The number of nitrogens with one attached hydrogen (secondary N) is 1. The van der Waals surface area contributed by atoms with E-state index in [-0.39, 0.29) is 12.2 Å². The molecule has 0 saturated carbocycles. The van der Waals surface area contributed by atoms with Gasteiger partial charge in [-0.1, -0.05) is 0 Å². The monoisotopic (exact) mass is 290 g/mol. The third kappa shape index (κ3) is 3.61. The Morgan fingerprint density at radius 1 is 1.48 bits per heavy atom. The van der Waals surface area contributed by atoms with E-state index in [9.17, 15) is 9.90 Å². The van der Waals surface area contributed by atoms with Gasteiger partial charge in [0.05, 0.1) is 19.4 Å². The number of aromatic nitrogens is 1. The van der Waals surface area contributed by atoms with Crippen molar-refractivity contribution in [1.29, 1.82) is 0 Å². The quantitative estimate of drug-likeness (QED) is 0.846. The first kappa shape index (κ1) is 15.1. The topological polar surface area (TPSA) is 84.6 Å². The Bertz CT molecular complexity index is 593. The van der Waals surface area contributed by atoms with Crippen LogP contribution in [0.25, 0.3) is 0 Å². The summed E-state index contributed by atoms with van der Waals surface area (Å²) in [6.07, 6.45) is 2.99. The maximum absolute atomic E-state index is 12.2. The van der Waals surface area contributed by atoms with Crippen molar-refractivity contribution in [3.8, 4) is 5.75 Å². The summed E-state index contributed by atoms with van der Waals surface area (Å²) in [6, 6.07) is 6.70. The number of ether oxygens (including phenoxy) is 1. The molecule has 0 radical (unpaired) electrons. The van der Waals surface area contributed by atoms with Gasteiger partial charge in [0, 0.05) is 6.20 Å². The highest BCUT2D eigenvalue weighted by atomic mass is 16.5. The molecular weight excluding hydrogens is 272 g/mol. The van der Waals surface area contributed by atoms with E-state index < -0.39 is 11.5 Å². The predicted octanol–water partition coefficient (Wildman–Crippen LogP) is 1.71. The fourth-order valence-corrected chi connectivity index (χ4v) is 1.84. The van der Waals surface area contributed by atoms with E-state index >= 15 is 0 Å². The molecule has 21 heavy (non-hydrogen) atoms. The Balaban J connectivity index is 2.05. The lowest BCUT2D eigenvalue weighted by Gasteiger charge is -2.21. The molecular formula is C15H18N2O4. The number of furan rings is 1. The molecule has 0 aromatic carbocycles. The molecule has 2 heterocycles. The second kappa shape index (κ2) is 6.41. The Morgan fingerprint density at radius 3 is 2.95 bits per heavy atom. The van der Waals surface area contributed by atoms with Crippen LogP contribution in [0, 0.1) is 0 Å². The first-order chi connectivity index (χ1) is 10.0. The molecule has 1 amide bonds. The molecule has 0 bridgehead atoms. The van der Waals surface area contributed by atoms with Gasteiger partial charge < -0.3 is 19.6 Å². The van der Waals surface area contributed by atoms with Gasteiger partial charge in [-0.2, -0.15) is 0 Å². The normalized spacial score (nSPS) is 13.5. The average molecular weight is 290 g/mol. The predicted molar refractivity (Wildman–Crippen MR) is 76.0 cm³/mol. The van der Waals surface area contributed by atoms with Gasteiger partial charge in [-0.05, 0) is 38.1 Å². The minimum atomic E-state index is -1.29. The van der Waals surface area contributed by atoms with Crippen molar-refractivity contribution < 1.29 is 19.1 Å².